The van der Waals surface area contributed by atoms with Gasteiger partial charge in [-0.05, 0) is 6.92 Å². The minimum absolute atomic E-state index is 0.248. The first-order chi connectivity index (χ1) is 12.1. The number of hydrogen-bond donors (Lipinski definition) is 2. The molecule has 0 aliphatic rings. The lowest BCUT2D eigenvalue weighted by Gasteiger charge is -2.14. The average Bonchev–Trinajstić information content (AvgIpc) is 2.62. The summed E-state index contributed by atoms with van der Waals surface area (Å²) < 4.78 is 20.9. The van der Waals surface area contributed by atoms with E-state index in [0.29, 0.717) is 35.2 Å². The fourth-order valence-electron chi connectivity index (χ4n) is 2.03. The normalized spacial score (nSPS) is 9.92. The van der Waals surface area contributed by atoms with E-state index in [1.54, 1.807) is 12.1 Å². The second kappa shape index (κ2) is 8.57. The van der Waals surface area contributed by atoms with Crippen molar-refractivity contribution >= 4 is 17.4 Å². The average molecular weight is 348 g/mol. The van der Waals surface area contributed by atoms with Crippen LogP contribution < -0.4 is 29.6 Å². The van der Waals surface area contributed by atoms with Gasteiger partial charge in [0.25, 0.3) is 0 Å². The van der Waals surface area contributed by atoms with Gasteiger partial charge >= 0.3 is 12.0 Å². The molecule has 1 aromatic heterocycles. The van der Waals surface area contributed by atoms with Crippen LogP contribution in [0.2, 0.25) is 0 Å². The highest BCUT2D eigenvalue weighted by atomic mass is 16.5. The summed E-state index contributed by atoms with van der Waals surface area (Å²) in [6.07, 6.45) is 2.90. The second-order valence-corrected chi connectivity index (χ2v) is 4.68. The summed E-state index contributed by atoms with van der Waals surface area (Å²) in [5, 5.41) is 5.30. The summed E-state index contributed by atoms with van der Waals surface area (Å²) in [6.45, 7) is 2.30. The van der Waals surface area contributed by atoms with Crippen LogP contribution in [0.25, 0.3) is 0 Å². The summed E-state index contributed by atoms with van der Waals surface area (Å²) in [5.74, 6) is 1.30. The lowest BCUT2D eigenvalue weighted by atomic mass is 10.2. The molecule has 2 N–H and O–H groups in total. The van der Waals surface area contributed by atoms with Crippen molar-refractivity contribution < 1.29 is 23.7 Å². The van der Waals surface area contributed by atoms with E-state index in [4.69, 9.17) is 18.9 Å². The Morgan fingerprint density at radius 3 is 2.00 bits per heavy atom. The maximum absolute atomic E-state index is 12.1. The maximum atomic E-state index is 12.1. The molecule has 0 aliphatic heterocycles. The lowest BCUT2D eigenvalue weighted by molar-refractivity contribution is 0.262. The predicted octanol–water partition coefficient (Wildman–Crippen LogP) is 2.55. The fourth-order valence-corrected chi connectivity index (χ4v) is 2.03. The number of methoxy groups -OCH3 is 3. The molecule has 9 nitrogen and oxygen atoms in total. The molecule has 0 saturated heterocycles. The van der Waals surface area contributed by atoms with Crippen LogP contribution in [-0.2, 0) is 0 Å². The van der Waals surface area contributed by atoms with Crippen molar-refractivity contribution in [2.24, 2.45) is 0 Å². The minimum atomic E-state index is -0.470. The van der Waals surface area contributed by atoms with Crippen LogP contribution in [0.4, 0.5) is 16.2 Å². The molecular formula is C16H20N4O5. The Bertz CT molecular complexity index is 696. The molecule has 2 aromatic rings. The Morgan fingerprint density at radius 2 is 1.52 bits per heavy atom. The molecule has 2 rings (SSSR count). The number of benzene rings is 1. The Balaban J connectivity index is 2.09. The van der Waals surface area contributed by atoms with Crippen LogP contribution >= 0.6 is 0 Å². The maximum Gasteiger partial charge on any atom is 0.323 e. The van der Waals surface area contributed by atoms with Gasteiger partial charge in [-0.3, -0.25) is 0 Å². The first-order valence-electron chi connectivity index (χ1n) is 7.44. The number of aromatic nitrogens is 2. The molecule has 134 valence electrons. The van der Waals surface area contributed by atoms with Crippen LogP contribution in [0.5, 0.6) is 23.3 Å². The van der Waals surface area contributed by atoms with Gasteiger partial charge in [-0.25, -0.2) is 14.8 Å². The molecule has 0 saturated carbocycles. The van der Waals surface area contributed by atoms with E-state index in [-0.39, 0.29) is 6.01 Å². The second-order valence-electron chi connectivity index (χ2n) is 4.68. The van der Waals surface area contributed by atoms with Crippen LogP contribution in [0.1, 0.15) is 6.92 Å². The molecule has 1 heterocycles. The summed E-state index contributed by atoms with van der Waals surface area (Å²) in [7, 11) is 4.50. The van der Waals surface area contributed by atoms with Crippen LogP contribution in [0.3, 0.4) is 0 Å². The zero-order valence-corrected chi connectivity index (χ0v) is 14.5. The fraction of sp³-hybridized carbons (Fsp3) is 0.312. The first-order valence-corrected chi connectivity index (χ1v) is 7.44. The highest BCUT2D eigenvalue weighted by Gasteiger charge is 2.14. The van der Waals surface area contributed by atoms with E-state index in [1.807, 2.05) is 6.92 Å². The SMILES string of the molecule is CCOc1ncc(NC(=O)Nc2cc(OC)c(OC)c(OC)c2)cn1. The molecule has 0 bridgehead atoms. The first kappa shape index (κ1) is 18.1. The standard InChI is InChI=1S/C16H20N4O5/c1-5-25-16-17-8-11(9-18-16)20-15(21)19-10-6-12(22-2)14(24-4)13(7-10)23-3/h6-9H,5H2,1-4H3,(H2,19,20,21). The van der Waals surface area contributed by atoms with Crippen molar-refractivity contribution in [2.75, 3.05) is 38.6 Å². The van der Waals surface area contributed by atoms with E-state index in [2.05, 4.69) is 20.6 Å². The Kier molecular flexibility index (Phi) is 6.21. The number of hydrogen-bond acceptors (Lipinski definition) is 7. The molecule has 0 unspecified atom stereocenters. The van der Waals surface area contributed by atoms with Crippen molar-refractivity contribution in [1.82, 2.24) is 9.97 Å². The number of rotatable bonds is 7. The highest BCUT2D eigenvalue weighted by molar-refractivity contribution is 6.00. The van der Waals surface area contributed by atoms with Gasteiger partial charge in [-0.15, -0.1) is 0 Å². The van der Waals surface area contributed by atoms with Gasteiger partial charge in [0.15, 0.2) is 11.5 Å². The third kappa shape index (κ3) is 4.63. The van der Waals surface area contributed by atoms with Crippen LogP contribution in [-0.4, -0.2) is 43.9 Å². The monoisotopic (exact) mass is 348 g/mol. The highest BCUT2D eigenvalue weighted by Crippen LogP contribution is 2.39. The minimum Gasteiger partial charge on any atom is -0.493 e. The van der Waals surface area contributed by atoms with E-state index in [0.717, 1.165) is 0 Å². The number of ether oxygens (including phenoxy) is 4. The number of nitrogens with zero attached hydrogens (tertiary/aromatic N) is 2. The third-order valence-corrected chi connectivity index (χ3v) is 3.08. The number of carbonyl (C=O) groups is 1. The molecule has 9 heteroatoms. The molecule has 0 atom stereocenters. The zero-order chi connectivity index (χ0) is 18.2. The number of urea groups is 1. The Labute approximate surface area is 145 Å². The van der Waals surface area contributed by atoms with E-state index in [9.17, 15) is 4.79 Å². The summed E-state index contributed by atoms with van der Waals surface area (Å²) in [4.78, 5) is 20.1. The zero-order valence-electron chi connectivity index (χ0n) is 14.5. The van der Waals surface area contributed by atoms with Crippen molar-refractivity contribution in [2.45, 2.75) is 6.92 Å². The lowest BCUT2D eigenvalue weighted by Crippen LogP contribution is -2.19. The van der Waals surface area contributed by atoms with E-state index in [1.165, 1.54) is 33.7 Å². The van der Waals surface area contributed by atoms with Gasteiger partial charge < -0.3 is 29.6 Å². The largest absolute Gasteiger partial charge is 0.493 e. The number of anilines is 2. The summed E-state index contributed by atoms with van der Waals surface area (Å²) in [6, 6.07) is 3.02. The van der Waals surface area contributed by atoms with Crippen molar-refractivity contribution in [1.29, 1.82) is 0 Å². The molecular weight excluding hydrogens is 328 g/mol. The molecule has 0 spiro atoms. The molecule has 0 radical (unpaired) electrons. The van der Waals surface area contributed by atoms with Crippen molar-refractivity contribution in [3.8, 4) is 23.3 Å². The molecule has 25 heavy (non-hydrogen) atoms. The van der Waals surface area contributed by atoms with Gasteiger partial charge in [0.1, 0.15) is 0 Å². The Morgan fingerprint density at radius 1 is 0.960 bits per heavy atom. The topological polar surface area (TPSA) is 104 Å². The van der Waals surface area contributed by atoms with E-state index < -0.39 is 6.03 Å². The van der Waals surface area contributed by atoms with Crippen molar-refractivity contribution in [3.05, 3.63) is 24.5 Å². The van der Waals surface area contributed by atoms with Gasteiger partial charge in [-0.1, -0.05) is 0 Å². The molecule has 1 aromatic carbocycles. The van der Waals surface area contributed by atoms with Crippen LogP contribution in [0.15, 0.2) is 24.5 Å². The van der Waals surface area contributed by atoms with E-state index >= 15 is 0 Å². The third-order valence-electron chi connectivity index (χ3n) is 3.08. The predicted molar refractivity (Wildman–Crippen MR) is 91.9 cm³/mol. The molecule has 0 fully saturated rings. The van der Waals surface area contributed by atoms with Crippen molar-refractivity contribution in [3.63, 3.8) is 0 Å². The van der Waals surface area contributed by atoms with Gasteiger partial charge in [0, 0.05) is 12.1 Å². The van der Waals surface area contributed by atoms with Gasteiger partial charge in [0.05, 0.1) is 51.7 Å². The van der Waals surface area contributed by atoms with Crippen LogP contribution in [0, 0.1) is 0 Å². The Hall–Kier alpha value is -3.23. The number of amides is 2. The molecule has 2 amide bonds. The quantitative estimate of drug-likeness (QED) is 0.792. The summed E-state index contributed by atoms with van der Waals surface area (Å²) >= 11 is 0. The van der Waals surface area contributed by atoms with Gasteiger partial charge in [-0.2, -0.15) is 0 Å². The number of nitrogens with one attached hydrogen (secondary N) is 2. The number of carbonyl (C=O) groups excluding carboxylic acids is 1. The smallest absolute Gasteiger partial charge is 0.323 e. The molecule has 0 aliphatic carbocycles. The van der Waals surface area contributed by atoms with Gasteiger partial charge in [0.2, 0.25) is 5.75 Å². The summed E-state index contributed by atoms with van der Waals surface area (Å²) in [5.41, 5.74) is 0.896.